The smallest absolute Gasteiger partial charge is 0.277 e. The van der Waals surface area contributed by atoms with E-state index in [4.69, 9.17) is 14.4 Å². The highest BCUT2D eigenvalue weighted by atomic mass is 32.2. The summed E-state index contributed by atoms with van der Waals surface area (Å²) in [6.07, 6.45) is 0.856. The minimum atomic E-state index is -0.00425. The number of aromatic nitrogens is 2. The van der Waals surface area contributed by atoms with Gasteiger partial charge in [-0.25, -0.2) is 0 Å². The van der Waals surface area contributed by atoms with Gasteiger partial charge in [-0.2, -0.15) is 5.26 Å². The summed E-state index contributed by atoms with van der Waals surface area (Å²) in [6, 6.07) is 16.7. The second kappa shape index (κ2) is 10.5. The summed E-state index contributed by atoms with van der Waals surface area (Å²) in [7, 11) is 1.61. The summed E-state index contributed by atoms with van der Waals surface area (Å²) in [5.41, 5.74) is 2.38. The van der Waals surface area contributed by atoms with Crippen LogP contribution in [0, 0.1) is 11.3 Å². The molecule has 0 saturated heterocycles. The lowest BCUT2D eigenvalue weighted by atomic mass is 10.1. The number of nitrogens with zero attached hydrogens (tertiary/aromatic N) is 4. The SMILES string of the molecule is CCCN(Cc1ccc(C#N)cc1)C(=O)CSc1nnc(-c2ccc(OC)cc2)o1. The average Bonchev–Trinajstić information content (AvgIpc) is 3.27. The molecule has 30 heavy (non-hydrogen) atoms. The van der Waals surface area contributed by atoms with Crippen molar-refractivity contribution in [3.8, 4) is 23.3 Å². The summed E-state index contributed by atoms with van der Waals surface area (Å²) >= 11 is 1.22. The maximum atomic E-state index is 12.7. The molecule has 3 rings (SSSR count). The number of hydrogen-bond acceptors (Lipinski definition) is 7. The van der Waals surface area contributed by atoms with Crippen LogP contribution < -0.4 is 4.74 Å². The first-order chi connectivity index (χ1) is 14.6. The Hall–Kier alpha value is -3.31. The molecule has 0 fully saturated rings. The van der Waals surface area contributed by atoms with Crippen LogP contribution in [0.4, 0.5) is 0 Å². The van der Waals surface area contributed by atoms with Gasteiger partial charge in [0.1, 0.15) is 5.75 Å². The van der Waals surface area contributed by atoms with Gasteiger partial charge in [0, 0.05) is 18.7 Å². The third-order valence-electron chi connectivity index (χ3n) is 4.37. The molecule has 3 aromatic rings. The van der Waals surface area contributed by atoms with Gasteiger partial charge in [0.05, 0.1) is 24.5 Å². The lowest BCUT2D eigenvalue weighted by Gasteiger charge is -2.22. The summed E-state index contributed by atoms with van der Waals surface area (Å²) < 4.78 is 10.8. The lowest BCUT2D eigenvalue weighted by Crippen LogP contribution is -2.32. The zero-order valence-corrected chi connectivity index (χ0v) is 17.7. The van der Waals surface area contributed by atoms with Crippen molar-refractivity contribution in [2.45, 2.75) is 25.1 Å². The van der Waals surface area contributed by atoms with Crippen LogP contribution in [0.1, 0.15) is 24.5 Å². The van der Waals surface area contributed by atoms with E-state index >= 15 is 0 Å². The quantitative estimate of drug-likeness (QED) is 0.478. The Kier molecular flexibility index (Phi) is 7.46. The molecule has 7 nitrogen and oxygen atoms in total. The van der Waals surface area contributed by atoms with Crippen LogP contribution in [0.5, 0.6) is 5.75 Å². The molecule has 154 valence electrons. The maximum Gasteiger partial charge on any atom is 0.277 e. The van der Waals surface area contributed by atoms with Crippen molar-refractivity contribution < 1.29 is 13.9 Å². The Labute approximate surface area is 179 Å². The van der Waals surface area contributed by atoms with Crippen molar-refractivity contribution in [3.63, 3.8) is 0 Å². The molecule has 0 N–H and O–H groups in total. The molecule has 1 aromatic heterocycles. The normalized spacial score (nSPS) is 10.4. The van der Waals surface area contributed by atoms with E-state index in [-0.39, 0.29) is 11.7 Å². The molecule has 0 radical (unpaired) electrons. The topological polar surface area (TPSA) is 92.2 Å². The second-order valence-corrected chi connectivity index (χ2v) is 7.44. The maximum absolute atomic E-state index is 12.7. The minimum Gasteiger partial charge on any atom is -0.497 e. The number of carbonyl (C=O) groups excluding carboxylic acids is 1. The van der Waals surface area contributed by atoms with E-state index in [9.17, 15) is 4.79 Å². The highest BCUT2D eigenvalue weighted by Crippen LogP contribution is 2.25. The van der Waals surface area contributed by atoms with Crippen LogP contribution >= 0.6 is 11.8 Å². The number of hydrogen-bond donors (Lipinski definition) is 0. The zero-order chi connectivity index (χ0) is 21.3. The van der Waals surface area contributed by atoms with E-state index in [0.29, 0.717) is 29.8 Å². The third kappa shape index (κ3) is 5.61. The minimum absolute atomic E-state index is 0.00425. The van der Waals surface area contributed by atoms with E-state index in [1.807, 2.05) is 43.3 Å². The molecule has 0 unspecified atom stereocenters. The highest BCUT2D eigenvalue weighted by Gasteiger charge is 2.16. The van der Waals surface area contributed by atoms with Crippen molar-refractivity contribution >= 4 is 17.7 Å². The number of benzene rings is 2. The van der Waals surface area contributed by atoms with Crippen LogP contribution in [-0.2, 0) is 11.3 Å². The molecular weight excluding hydrogens is 400 g/mol. The largest absolute Gasteiger partial charge is 0.497 e. The van der Waals surface area contributed by atoms with Gasteiger partial charge in [0.2, 0.25) is 11.8 Å². The molecule has 0 atom stereocenters. The van der Waals surface area contributed by atoms with Crippen molar-refractivity contribution in [2.24, 2.45) is 0 Å². The Morgan fingerprint density at radius 2 is 1.90 bits per heavy atom. The van der Waals surface area contributed by atoms with E-state index in [1.165, 1.54) is 11.8 Å². The van der Waals surface area contributed by atoms with Crippen LogP contribution in [0.15, 0.2) is 58.2 Å². The van der Waals surface area contributed by atoms with Gasteiger partial charge in [-0.1, -0.05) is 30.8 Å². The lowest BCUT2D eigenvalue weighted by molar-refractivity contribution is -0.129. The Bertz CT molecular complexity index is 1010. The monoisotopic (exact) mass is 422 g/mol. The summed E-state index contributed by atoms with van der Waals surface area (Å²) in [4.78, 5) is 14.5. The van der Waals surface area contributed by atoms with Gasteiger partial charge in [-0.15, -0.1) is 10.2 Å². The molecule has 0 bridgehead atoms. The number of carbonyl (C=O) groups is 1. The van der Waals surface area contributed by atoms with Gasteiger partial charge < -0.3 is 14.1 Å². The van der Waals surface area contributed by atoms with Crippen LogP contribution in [0.2, 0.25) is 0 Å². The average molecular weight is 423 g/mol. The molecule has 2 aromatic carbocycles. The van der Waals surface area contributed by atoms with E-state index in [0.717, 1.165) is 23.3 Å². The summed E-state index contributed by atoms with van der Waals surface area (Å²) in [6.45, 7) is 3.19. The Balaban J connectivity index is 1.59. The van der Waals surface area contributed by atoms with E-state index < -0.39 is 0 Å². The number of amides is 1. The fraction of sp³-hybridized carbons (Fsp3) is 0.273. The second-order valence-electron chi connectivity index (χ2n) is 6.51. The Morgan fingerprint density at radius 1 is 1.17 bits per heavy atom. The molecule has 0 aliphatic rings. The number of nitriles is 1. The summed E-state index contributed by atoms with van der Waals surface area (Å²) in [5.74, 6) is 1.35. The van der Waals surface area contributed by atoms with Crippen LogP contribution in [0.3, 0.4) is 0 Å². The molecular formula is C22H22N4O3S. The molecule has 8 heteroatoms. The fourth-order valence-electron chi connectivity index (χ4n) is 2.80. The van der Waals surface area contributed by atoms with Crippen molar-refractivity contribution in [3.05, 3.63) is 59.7 Å². The fourth-order valence-corrected chi connectivity index (χ4v) is 3.47. The van der Waals surface area contributed by atoms with E-state index in [1.54, 1.807) is 24.1 Å². The first-order valence-corrected chi connectivity index (χ1v) is 10.5. The zero-order valence-electron chi connectivity index (χ0n) is 16.9. The van der Waals surface area contributed by atoms with Crippen LogP contribution in [0.25, 0.3) is 11.5 Å². The van der Waals surface area contributed by atoms with Crippen molar-refractivity contribution in [1.82, 2.24) is 15.1 Å². The molecule has 1 heterocycles. The van der Waals surface area contributed by atoms with Gasteiger partial charge in [-0.3, -0.25) is 4.79 Å². The first-order valence-electron chi connectivity index (χ1n) is 9.50. The van der Waals surface area contributed by atoms with E-state index in [2.05, 4.69) is 16.3 Å². The first kappa shape index (κ1) is 21.4. The standard InChI is InChI=1S/C22H22N4O3S/c1-3-12-26(14-17-6-4-16(13-23)5-7-17)20(27)15-30-22-25-24-21(29-22)18-8-10-19(28-2)11-9-18/h4-11H,3,12,14-15H2,1-2H3. The predicted octanol–water partition coefficient (Wildman–Crippen LogP) is 4.15. The van der Waals surface area contributed by atoms with Crippen molar-refractivity contribution in [1.29, 1.82) is 5.26 Å². The number of methoxy groups -OCH3 is 1. The third-order valence-corrected chi connectivity index (χ3v) is 5.17. The Morgan fingerprint density at radius 3 is 2.53 bits per heavy atom. The van der Waals surface area contributed by atoms with Gasteiger partial charge in [0.25, 0.3) is 5.22 Å². The van der Waals surface area contributed by atoms with Crippen LogP contribution in [-0.4, -0.2) is 40.4 Å². The molecule has 1 amide bonds. The molecule has 0 aliphatic heterocycles. The summed E-state index contributed by atoms with van der Waals surface area (Å²) in [5, 5.41) is 17.4. The number of thioether (sulfide) groups is 1. The number of rotatable bonds is 9. The van der Waals surface area contributed by atoms with Gasteiger partial charge in [-0.05, 0) is 48.4 Å². The predicted molar refractivity (Wildman–Crippen MR) is 114 cm³/mol. The van der Waals surface area contributed by atoms with Gasteiger partial charge in [0.15, 0.2) is 0 Å². The van der Waals surface area contributed by atoms with Gasteiger partial charge >= 0.3 is 0 Å². The molecule has 0 aliphatic carbocycles. The highest BCUT2D eigenvalue weighted by molar-refractivity contribution is 7.99. The molecule has 0 saturated carbocycles. The number of ether oxygens (including phenoxy) is 1. The molecule has 0 spiro atoms. The van der Waals surface area contributed by atoms with Crippen molar-refractivity contribution in [2.75, 3.05) is 19.4 Å².